The molecule has 0 bridgehead atoms. The number of nitrogens with zero attached hydrogens (tertiary/aromatic N) is 1. The molecule has 0 saturated carbocycles. The van der Waals surface area contributed by atoms with Crippen LogP contribution in [0.5, 0.6) is 0 Å². The first-order chi connectivity index (χ1) is 19.7. The van der Waals surface area contributed by atoms with Gasteiger partial charge in [0.05, 0.1) is 0 Å². The Labute approximate surface area is 260 Å². The van der Waals surface area contributed by atoms with E-state index in [2.05, 4.69) is 74.3 Å². The fourth-order valence-electron chi connectivity index (χ4n) is 3.65. The van der Waals surface area contributed by atoms with Crippen molar-refractivity contribution in [1.82, 2.24) is 15.5 Å². The van der Waals surface area contributed by atoms with Crippen LogP contribution in [-0.2, 0) is 14.4 Å². The number of primary amides is 1. The number of aldehydes is 1. The van der Waals surface area contributed by atoms with Crippen molar-refractivity contribution < 1.29 is 14.4 Å². The quantitative estimate of drug-likeness (QED) is 0.113. The molecule has 1 aromatic rings. The molecule has 0 spiro atoms. The summed E-state index contributed by atoms with van der Waals surface area (Å²) >= 11 is 1.97. The van der Waals surface area contributed by atoms with Gasteiger partial charge in [0.2, 0.25) is 11.8 Å². The van der Waals surface area contributed by atoms with Gasteiger partial charge in [-0.15, -0.1) is 6.58 Å². The first-order valence-corrected chi connectivity index (χ1v) is 16.0. The molecular formula is C33H59N5O3S. The van der Waals surface area contributed by atoms with Gasteiger partial charge in [0.1, 0.15) is 6.29 Å². The highest BCUT2D eigenvalue weighted by atomic mass is 32.2. The molecule has 2 atom stereocenters. The second-order valence-corrected chi connectivity index (χ2v) is 12.3. The first-order valence-electron chi connectivity index (χ1n) is 14.8. The Morgan fingerprint density at radius 2 is 1.69 bits per heavy atom. The summed E-state index contributed by atoms with van der Waals surface area (Å²) in [5, 5.41) is 6.20. The van der Waals surface area contributed by atoms with E-state index >= 15 is 0 Å². The van der Waals surface area contributed by atoms with Crippen LogP contribution in [0.2, 0.25) is 0 Å². The van der Waals surface area contributed by atoms with Crippen molar-refractivity contribution in [3.8, 4) is 0 Å². The van der Waals surface area contributed by atoms with Crippen LogP contribution in [0.3, 0.4) is 0 Å². The van der Waals surface area contributed by atoms with Crippen molar-refractivity contribution in [1.29, 1.82) is 0 Å². The van der Waals surface area contributed by atoms with Crippen molar-refractivity contribution in [2.24, 2.45) is 11.7 Å². The third-order valence-electron chi connectivity index (χ3n) is 6.54. The van der Waals surface area contributed by atoms with Gasteiger partial charge in [-0.25, -0.2) is 0 Å². The molecule has 6 N–H and O–H groups in total. The predicted molar refractivity (Wildman–Crippen MR) is 183 cm³/mol. The summed E-state index contributed by atoms with van der Waals surface area (Å²) in [5.41, 5.74) is 15.3. The van der Waals surface area contributed by atoms with Crippen LogP contribution in [0, 0.1) is 12.8 Å². The maximum Gasteiger partial charge on any atom is 0.220 e. The largest absolute Gasteiger partial charge is 0.399 e. The molecule has 8 nitrogen and oxygen atoms in total. The highest BCUT2D eigenvalue weighted by Gasteiger charge is 2.17. The van der Waals surface area contributed by atoms with Gasteiger partial charge in [-0.1, -0.05) is 58.4 Å². The first kappa shape index (κ1) is 41.5. The third-order valence-corrected chi connectivity index (χ3v) is 7.48. The van der Waals surface area contributed by atoms with Gasteiger partial charge in [-0.2, -0.15) is 11.8 Å². The third kappa shape index (κ3) is 23.0. The summed E-state index contributed by atoms with van der Waals surface area (Å²) in [4.78, 5) is 33.4. The monoisotopic (exact) mass is 605 g/mol. The van der Waals surface area contributed by atoms with Crippen LogP contribution in [-0.4, -0.2) is 73.8 Å². The van der Waals surface area contributed by atoms with Gasteiger partial charge in [-0.05, 0) is 61.9 Å². The number of nitrogens with one attached hydrogen (secondary N) is 2. The minimum absolute atomic E-state index is 0.128. The van der Waals surface area contributed by atoms with Crippen molar-refractivity contribution >= 4 is 35.5 Å². The van der Waals surface area contributed by atoms with Gasteiger partial charge in [0, 0.05) is 62.8 Å². The average Bonchev–Trinajstić information content (AvgIpc) is 2.93. The number of rotatable bonds is 12. The lowest BCUT2D eigenvalue weighted by Gasteiger charge is -2.25. The Bertz CT molecular complexity index is 942. The molecule has 1 aliphatic heterocycles. The Kier molecular flexibility index (Phi) is 24.6. The number of benzene rings is 1. The molecule has 0 aromatic heterocycles. The van der Waals surface area contributed by atoms with E-state index in [1.54, 1.807) is 0 Å². The summed E-state index contributed by atoms with van der Waals surface area (Å²) in [6.45, 7) is 25.2. The number of aryl methyl sites for hydroxylation is 1. The molecule has 1 aliphatic rings. The molecule has 0 radical (unpaired) electrons. The number of carbonyl (C=O) groups excluding carboxylic acids is 3. The number of allylic oxidation sites excluding steroid dienone is 1. The van der Waals surface area contributed by atoms with E-state index < -0.39 is 0 Å². The smallest absolute Gasteiger partial charge is 0.220 e. The molecule has 1 saturated heterocycles. The van der Waals surface area contributed by atoms with Crippen LogP contribution in [0.1, 0.15) is 77.8 Å². The number of thioether (sulfide) groups is 1. The van der Waals surface area contributed by atoms with Crippen LogP contribution in [0.25, 0.3) is 0 Å². The molecule has 0 aliphatic carbocycles. The Morgan fingerprint density at radius 3 is 2.12 bits per heavy atom. The van der Waals surface area contributed by atoms with E-state index in [0.29, 0.717) is 23.8 Å². The lowest BCUT2D eigenvalue weighted by molar-refractivity contribution is -0.122. The van der Waals surface area contributed by atoms with Crippen molar-refractivity contribution in [3.63, 3.8) is 0 Å². The summed E-state index contributed by atoms with van der Waals surface area (Å²) in [7, 11) is 1.91. The number of carbonyl (C=O) groups is 3. The summed E-state index contributed by atoms with van der Waals surface area (Å²) in [6.07, 6.45) is 3.25. The fraction of sp³-hybridized carbons (Fsp3) is 0.606. The van der Waals surface area contributed by atoms with Crippen molar-refractivity contribution in [2.75, 3.05) is 50.5 Å². The second kappa shape index (κ2) is 24.9. The highest BCUT2D eigenvalue weighted by Crippen LogP contribution is 2.19. The highest BCUT2D eigenvalue weighted by molar-refractivity contribution is 7.99. The zero-order chi connectivity index (χ0) is 32.7. The van der Waals surface area contributed by atoms with Crippen LogP contribution in [0.15, 0.2) is 42.5 Å². The van der Waals surface area contributed by atoms with Crippen LogP contribution in [0.4, 0.5) is 5.69 Å². The lowest BCUT2D eigenvalue weighted by atomic mass is 9.99. The van der Waals surface area contributed by atoms with Gasteiger partial charge < -0.3 is 22.1 Å². The topological polar surface area (TPSA) is 131 Å². The number of nitrogen functional groups attached to an aromatic ring is 1. The van der Waals surface area contributed by atoms with E-state index in [1.807, 2.05) is 38.7 Å². The zero-order valence-corrected chi connectivity index (χ0v) is 28.4. The SMILES string of the molecule is C=C(C)CCC(=O)NC(CNC)C(C)CC.C=C(C=O)CN1CCSCC1.CC(N)=O.Cc1cc(C(C)C)ccc1N. The number of hydrogen-bond acceptors (Lipinski definition) is 7. The normalized spacial score (nSPS) is 13.9. The molecule has 42 heavy (non-hydrogen) atoms. The fourth-order valence-corrected chi connectivity index (χ4v) is 4.63. The van der Waals surface area contributed by atoms with Gasteiger partial charge in [0.25, 0.3) is 0 Å². The Balaban J connectivity index is 0. The molecule has 9 heteroatoms. The number of anilines is 1. The average molecular weight is 606 g/mol. The molecule has 2 rings (SSSR count). The van der Waals surface area contributed by atoms with E-state index in [9.17, 15) is 14.4 Å². The lowest BCUT2D eigenvalue weighted by Crippen LogP contribution is -2.45. The summed E-state index contributed by atoms with van der Waals surface area (Å²) in [5.74, 6) is 3.26. The summed E-state index contributed by atoms with van der Waals surface area (Å²) in [6, 6.07) is 6.45. The molecule has 1 fully saturated rings. The number of amides is 2. The van der Waals surface area contributed by atoms with E-state index in [1.165, 1.54) is 29.6 Å². The molecule has 2 amide bonds. The molecule has 240 valence electrons. The minimum Gasteiger partial charge on any atom is -0.399 e. The molecule has 2 unspecified atom stereocenters. The number of nitrogens with two attached hydrogens (primary N) is 2. The van der Waals surface area contributed by atoms with Crippen LogP contribution < -0.4 is 22.1 Å². The Hall–Kier alpha value is -2.62. The van der Waals surface area contributed by atoms with E-state index in [4.69, 9.17) is 5.73 Å². The second-order valence-electron chi connectivity index (χ2n) is 11.1. The van der Waals surface area contributed by atoms with Gasteiger partial charge >= 0.3 is 0 Å². The predicted octanol–water partition coefficient (Wildman–Crippen LogP) is 5.08. The Morgan fingerprint density at radius 1 is 1.12 bits per heavy atom. The van der Waals surface area contributed by atoms with Gasteiger partial charge in [-0.3, -0.25) is 19.3 Å². The molecule has 1 heterocycles. The molecule has 1 aromatic carbocycles. The minimum atomic E-state index is -0.333. The standard InChI is InChI=1S/C13H26N2O.C10H15N.C8H13NOS.C2H5NO/c1-6-11(4)12(9-14-5)15-13(16)8-7-10(2)3;1-7(2)9-4-5-10(11)8(3)6-9;1-8(7-10)6-9-2-4-11-5-3-9;1-2(3)4/h11-12,14H,2,6-9H2,1,3-5H3,(H,15,16);4-7H,11H2,1-3H3;7H,1-6H2;1H3,(H2,3,4). The maximum absolute atomic E-state index is 11.7. The zero-order valence-electron chi connectivity index (χ0n) is 27.6. The molecular weight excluding hydrogens is 546 g/mol. The number of likely N-dealkylation sites (N-methyl/N-ethyl adjacent to an activating group) is 1. The van der Waals surface area contributed by atoms with E-state index in [0.717, 1.165) is 56.6 Å². The van der Waals surface area contributed by atoms with Gasteiger partial charge in [0.15, 0.2) is 0 Å². The van der Waals surface area contributed by atoms with E-state index in [-0.39, 0.29) is 17.9 Å². The maximum atomic E-state index is 11.7. The van der Waals surface area contributed by atoms with Crippen molar-refractivity contribution in [3.05, 3.63) is 53.6 Å². The van der Waals surface area contributed by atoms with Crippen molar-refractivity contribution in [2.45, 2.75) is 79.7 Å². The van der Waals surface area contributed by atoms with Crippen LogP contribution >= 0.6 is 11.8 Å². The number of hydrogen-bond donors (Lipinski definition) is 4. The summed E-state index contributed by atoms with van der Waals surface area (Å²) < 4.78 is 0.